The molecule has 0 fully saturated rings. The van der Waals surface area contributed by atoms with E-state index in [1.807, 2.05) is 36.4 Å². The lowest BCUT2D eigenvalue weighted by Crippen LogP contribution is -2.29. The topological polar surface area (TPSA) is 104 Å². The molecule has 10 heteroatoms. The number of anilines is 1. The number of rotatable bonds is 14. The van der Waals surface area contributed by atoms with Gasteiger partial charge in [-0.3, -0.25) is 0 Å². The second-order valence-corrected chi connectivity index (χ2v) is 10.6. The van der Waals surface area contributed by atoms with E-state index in [1.54, 1.807) is 57.2 Å². The molecule has 0 saturated heterocycles. The number of hydrogen-bond acceptors (Lipinski definition) is 7. The molecule has 0 aliphatic carbocycles. The Labute approximate surface area is 257 Å². The average molecular weight is 603 g/mol. The van der Waals surface area contributed by atoms with Gasteiger partial charge in [-0.2, -0.15) is 0 Å². The van der Waals surface area contributed by atoms with Gasteiger partial charge in [-0.15, -0.1) is 0 Å². The summed E-state index contributed by atoms with van der Waals surface area (Å²) in [4.78, 5) is 29.2. The second-order valence-electron chi connectivity index (χ2n) is 9.53. The highest BCUT2D eigenvalue weighted by atomic mass is 32.2. The van der Waals surface area contributed by atoms with E-state index in [0.29, 0.717) is 24.4 Å². The van der Waals surface area contributed by atoms with Crippen LogP contribution in [-0.4, -0.2) is 54.7 Å². The number of benzene rings is 3. The summed E-state index contributed by atoms with van der Waals surface area (Å²) in [5, 5.41) is 6.64. The molecule has 4 rings (SSSR count). The quantitative estimate of drug-likeness (QED) is 0.0899. The number of methoxy groups -OCH3 is 2. The highest BCUT2D eigenvalue weighted by Gasteiger charge is 2.20. The molecule has 3 aromatic carbocycles. The van der Waals surface area contributed by atoms with Crippen LogP contribution in [0.1, 0.15) is 37.0 Å². The van der Waals surface area contributed by atoms with Gasteiger partial charge in [0.2, 0.25) is 0 Å². The van der Waals surface area contributed by atoms with Gasteiger partial charge in [-0.1, -0.05) is 11.8 Å². The number of aromatic nitrogens is 2. The number of hydrogen-bond donors (Lipinski definition) is 2. The third-order valence-electron chi connectivity index (χ3n) is 6.72. The van der Waals surface area contributed by atoms with E-state index >= 15 is 0 Å². The number of unbranched alkanes of at least 4 members (excludes halogenated alkanes) is 1. The number of nitrogens with one attached hydrogen (secondary N) is 2. The Morgan fingerprint density at radius 2 is 1.47 bits per heavy atom. The zero-order valence-electron chi connectivity index (χ0n) is 25.0. The number of ether oxygens (including phenoxy) is 3. The second kappa shape index (κ2) is 15.7. The number of amides is 2. The Morgan fingerprint density at radius 3 is 2.05 bits per heavy atom. The van der Waals surface area contributed by atoms with Crippen molar-refractivity contribution >= 4 is 29.4 Å². The van der Waals surface area contributed by atoms with Crippen molar-refractivity contribution in [2.24, 2.45) is 0 Å². The van der Waals surface area contributed by atoms with Crippen molar-refractivity contribution in [1.82, 2.24) is 14.9 Å². The molecule has 9 nitrogen and oxygen atoms in total. The third kappa shape index (κ3) is 8.32. The maximum Gasteiger partial charge on any atom is 0.338 e. The van der Waals surface area contributed by atoms with E-state index in [2.05, 4.69) is 34.3 Å². The number of esters is 1. The van der Waals surface area contributed by atoms with Crippen LogP contribution in [0.3, 0.4) is 0 Å². The summed E-state index contributed by atoms with van der Waals surface area (Å²) < 4.78 is 18.0. The fourth-order valence-electron chi connectivity index (χ4n) is 4.50. The molecule has 0 radical (unpaired) electrons. The first-order valence-corrected chi connectivity index (χ1v) is 15.3. The number of carbonyl (C=O) groups excluding carboxylic acids is 2. The molecule has 2 N–H and O–H groups in total. The van der Waals surface area contributed by atoms with E-state index in [0.717, 1.165) is 64.3 Å². The summed E-state index contributed by atoms with van der Waals surface area (Å²) in [6, 6.07) is 22.4. The molecule has 0 aliphatic heterocycles. The van der Waals surface area contributed by atoms with E-state index in [4.69, 9.17) is 19.2 Å². The molecule has 0 saturated carbocycles. The Morgan fingerprint density at radius 1 is 0.837 bits per heavy atom. The molecular weight excluding hydrogens is 564 g/mol. The van der Waals surface area contributed by atoms with Gasteiger partial charge in [0.05, 0.1) is 37.8 Å². The summed E-state index contributed by atoms with van der Waals surface area (Å²) in [7, 11) is 3.32. The van der Waals surface area contributed by atoms with Crippen LogP contribution in [-0.2, 0) is 11.3 Å². The summed E-state index contributed by atoms with van der Waals surface area (Å²) in [6.45, 7) is 5.52. The predicted octanol–water partition coefficient (Wildman–Crippen LogP) is 7.12. The van der Waals surface area contributed by atoms with Crippen LogP contribution in [0.2, 0.25) is 0 Å². The summed E-state index contributed by atoms with van der Waals surface area (Å²) in [6.07, 6.45) is 1.73. The zero-order valence-corrected chi connectivity index (χ0v) is 25.8. The van der Waals surface area contributed by atoms with Crippen LogP contribution in [0, 0.1) is 0 Å². The van der Waals surface area contributed by atoms with Crippen LogP contribution in [0.5, 0.6) is 11.5 Å². The normalized spacial score (nSPS) is 10.7. The number of carbonyl (C=O) groups is 2. The molecule has 0 atom stereocenters. The first-order chi connectivity index (χ1) is 21.0. The minimum atomic E-state index is -0.383. The van der Waals surface area contributed by atoms with Gasteiger partial charge in [-0.05, 0) is 99.5 Å². The standard InChI is InChI=1S/C33H38N4O5S/c1-5-37-30(24-13-19-28(41-4)20-14-24)29(23-11-17-27(40-3)18-12-23)36-33(37)43-22-8-7-21-34-32(39)35-26-15-9-25(10-16-26)31(38)42-6-2/h9-20H,5-8,21-22H2,1-4H3,(H2,34,35,39). The highest BCUT2D eigenvalue weighted by Crippen LogP contribution is 2.37. The zero-order chi connectivity index (χ0) is 30.6. The largest absolute Gasteiger partial charge is 0.497 e. The minimum Gasteiger partial charge on any atom is -0.497 e. The van der Waals surface area contributed by atoms with Crippen LogP contribution in [0.15, 0.2) is 78.0 Å². The van der Waals surface area contributed by atoms with Crippen LogP contribution < -0.4 is 20.1 Å². The van der Waals surface area contributed by atoms with Crippen LogP contribution >= 0.6 is 11.8 Å². The van der Waals surface area contributed by atoms with Crippen molar-refractivity contribution in [1.29, 1.82) is 0 Å². The lowest BCUT2D eigenvalue weighted by molar-refractivity contribution is 0.0526. The SMILES string of the molecule is CCOC(=O)c1ccc(NC(=O)NCCCCSc2nc(-c3ccc(OC)cc3)c(-c3ccc(OC)cc3)n2CC)cc1. The summed E-state index contributed by atoms with van der Waals surface area (Å²) in [5.74, 6) is 2.08. The molecule has 0 spiro atoms. The fourth-order valence-corrected chi connectivity index (χ4v) is 5.56. The van der Waals surface area contributed by atoms with Crippen LogP contribution in [0.4, 0.5) is 10.5 Å². The predicted molar refractivity (Wildman–Crippen MR) is 171 cm³/mol. The first kappa shape index (κ1) is 31.5. The van der Waals surface area contributed by atoms with Gasteiger partial charge in [0.25, 0.3) is 0 Å². The maximum absolute atomic E-state index is 12.3. The molecule has 4 aromatic rings. The maximum atomic E-state index is 12.3. The summed E-state index contributed by atoms with van der Waals surface area (Å²) in [5.41, 5.74) is 5.12. The number of nitrogens with zero attached hydrogens (tertiary/aromatic N) is 2. The monoisotopic (exact) mass is 602 g/mol. The lowest BCUT2D eigenvalue weighted by atomic mass is 10.0. The Bertz CT molecular complexity index is 1490. The molecule has 2 amide bonds. The van der Waals surface area contributed by atoms with Crippen molar-refractivity contribution < 1.29 is 23.8 Å². The Hall–Kier alpha value is -4.44. The first-order valence-electron chi connectivity index (χ1n) is 14.3. The van der Waals surface area contributed by atoms with Crippen molar-refractivity contribution in [2.45, 2.75) is 38.4 Å². The fraction of sp³-hybridized carbons (Fsp3) is 0.303. The highest BCUT2D eigenvalue weighted by molar-refractivity contribution is 7.99. The molecular formula is C33H38N4O5S. The van der Waals surface area contributed by atoms with Crippen molar-refractivity contribution in [2.75, 3.05) is 38.4 Å². The van der Waals surface area contributed by atoms with Gasteiger partial charge in [-0.25, -0.2) is 14.6 Å². The third-order valence-corrected chi connectivity index (χ3v) is 7.78. The van der Waals surface area contributed by atoms with Gasteiger partial charge in [0, 0.05) is 35.7 Å². The number of imidazole rings is 1. The van der Waals surface area contributed by atoms with E-state index in [9.17, 15) is 9.59 Å². The molecule has 0 aliphatic rings. The van der Waals surface area contributed by atoms with Gasteiger partial charge in [0.1, 0.15) is 11.5 Å². The molecule has 226 valence electrons. The Kier molecular flexibility index (Phi) is 11.5. The molecule has 1 aromatic heterocycles. The molecule has 0 unspecified atom stereocenters. The van der Waals surface area contributed by atoms with Gasteiger partial charge >= 0.3 is 12.0 Å². The molecule has 1 heterocycles. The van der Waals surface area contributed by atoms with Crippen molar-refractivity contribution in [3.8, 4) is 34.0 Å². The van der Waals surface area contributed by atoms with E-state index < -0.39 is 0 Å². The van der Waals surface area contributed by atoms with Crippen molar-refractivity contribution in [3.63, 3.8) is 0 Å². The van der Waals surface area contributed by atoms with E-state index in [-0.39, 0.29) is 12.0 Å². The van der Waals surface area contributed by atoms with Crippen LogP contribution in [0.25, 0.3) is 22.5 Å². The summed E-state index contributed by atoms with van der Waals surface area (Å²) >= 11 is 1.72. The number of urea groups is 1. The molecule has 43 heavy (non-hydrogen) atoms. The smallest absolute Gasteiger partial charge is 0.338 e. The minimum absolute atomic E-state index is 0.286. The lowest BCUT2D eigenvalue weighted by Gasteiger charge is -2.12. The van der Waals surface area contributed by atoms with Crippen molar-refractivity contribution in [3.05, 3.63) is 78.4 Å². The van der Waals surface area contributed by atoms with Gasteiger partial charge in [0.15, 0.2) is 5.16 Å². The van der Waals surface area contributed by atoms with Gasteiger partial charge < -0.3 is 29.4 Å². The Balaban J connectivity index is 1.35. The van der Waals surface area contributed by atoms with E-state index in [1.165, 1.54) is 0 Å². The number of thioether (sulfide) groups is 1. The average Bonchev–Trinajstić information content (AvgIpc) is 3.41. The molecule has 0 bridgehead atoms.